The van der Waals surface area contributed by atoms with E-state index in [-0.39, 0.29) is 11.4 Å². The van der Waals surface area contributed by atoms with E-state index < -0.39 is 0 Å². The van der Waals surface area contributed by atoms with Crippen LogP contribution in [-0.4, -0.2) is 25.6 Å². The number of nitrogens with zero attached hydrogens (tertiary/aromatic N) is 3. The molecular formula is C13H9Cl2N5OS. The van der Waals surface area contributed by atoms with Gasteiger partial charge in [0.25, 0.3) is 5.56 Å². The van der Waals surface area contributed by atoms with Crippen LogP contribution in [0.4, 0.5) is 0 Å². The number of hydrogen-bond acceptors (Lipinski definition) is 5. The van der Waals surface area contributed by atoms with Crippen LogP contribution in [0.1, 0.15) is 5.69 Å². The summed E-state index contributed by atoms with van der Waals surface area (Å²) in [6.45, 7) is 1.82. The molecule has 0 amide bonds. The molecule has 0 atom stereocenters. The van der Waals surface area contributed by atoms with Crippen LogP contribution < -0.4 is 5.56 Å². The lowest BCUT2D eigenvalue weighted by molar-refractivity contribution is 0.881. The van der Waals surface area contributed by atoms with Gasteiger partial charge in [-0.2, -0.15) is 5.21 Å². The van der Waals surface area contributed by atoms with Gasteiger partial charge in [0.2, 0.25) is 5.82 Å². The van der Waals surface area contributed by atoms with Crippen LogP contribution in [0.25, 0.3) is 11.4 Å². The Morgan fingerprint density at radius 3 is 2.68 bits per heavy atom. The van der Waals surface area contributed by atoms with Gasteiger partial charge in [-0.15, -0.1) is 10.2 Å². The van der Waals surface area contributed by atoms with E-state index in [9.17, 15) is 4.79 Å². The maximum atomic E-state index is 12.0. The third kappa shape index (κ3) is 3.01. The molecular weight excluding hydrogens is 345 g/mol. The maximum Gasteiger partial charge on any atom is 0.259 e. The largest absolute Gasteiger partial charge is 0.325 e. The molecule has 112 valence electrons. The summed E-state index contributed by atoms with van der Waals surface area (Å²) in [4.78, 5) is 16.6. The molecule has 0 saturated heterocycles. The summed E-state index contributed by atoms with van der Waals surface area (Å²) in [7, 11) is 0. The van der Waals surface area contributed by atoms with E-state index in [2.05, 4.69) is 25.6 Å². The highest BCUT2D eigenvalue weighted by atomic mass is 35.5. The molecule has 0 aliphatic rings. The molecule has 0 aliphatic heterocycles. The molecule has 3 aromatic rings. The SMILES string of the molecule is Cc1[nH]c(=O)c(-c2nn[nH]n2)cc1Sc1ccc(Cl)c(Cl)c1. The quantitative estimate of drug-likeness (QED) is 0.753. The molecule has 9 heteroatoms. The molecule has 0 bridgehead atoms. The van der Waals surface area contributed by atoms with Gasteiger partial charge in [-0.05, 0) is 36.4 Å². The lowest BCUT2D eigenvalue weighted by Gasteiger charge is -2.07. The fourth-order valence-electron chi connectivity index (χ4n) is 1.82. The second-order valence-corrected chi connectivity index (χ2v) is 6.34. The fraction of sp³-hybridized carbons (Fsp3) is 0.0769. The summed E-state index contributed by atoms with van der Waals surface area (Å²) in [5.41, 5.74) is 0.826. The highest BCUT2D eigenvalue weighted by Gasteiger charge is 2.13. The van der Waals surface area contributed by atoms with Crippen LogP contribution in [0.2, 0.25) is 10.0 Å². The molecule has 0 unspecified atom stereocenters. The number of halogens is 2. The summed E-state index contributed by atoms with van der Waals surface area (Å²) in [5, 5.41) is 14.4. The van der Waals surface area contributed by atoms with Crippen molar-refractivity contribution >= 4 is 35.0 Å². The van der Waals surface area contributed by atoms with Crippen molar-refractivity contribution in [1.29, 1.82) is 0 Å². The predicted octanol–water partition coefficient (Wildman–Crippen LogP) is 3.32. The monoisotopic (exact) mass is 353 g/mol. The van der Waals surface area contributed by atoms with Gasteiger partial charge in [-0.3, -0.25) is 4.79 Å². The van der Waals surface area contributed by atoms with Crippen molar-refractivity contribution < 1.29 is 0 Å². The molecule has 0 saturated carbocycles. The molecule has 0 fully saturated rings. The fourth-order valence-corrected chi connectivity index (χ4v) is 3.13. The molecule has 0 aliphatic carbocycles. The topological polar surface area (TPSA) is 87.3 Å². The van der Waals surface area contributed by atoms with Crippen molar-refractivity contribution in [2.75, 3.05) is 0 Å². The third-order valence-corrected chi connectivity index (χ3v) is 4.77. The van der Waals surface area contributed by atoms with E-state index in [0.717, 1.165) is 15.5 Å². The first-order chi connectivity index (χ1) is 10.5. The van der Waals surface area contributed by atoms with E-state index in [1.807, 2.05) is 13.0 Å². The molecule has 2 aromatic heterocycles. The van der Waals surface area contributed by atoms with Crippen LogP contribution in [0, 0.1) is 6.92 Å². The number of aromatic nitrogens is 5. The van der Waals surface area contributed by atoms with Gasteiger partial charge in [0, 0.05) is 15.5 Å². The summed E-state index contributed by atoms with van der Waals surface area (Å²) >= 11 is 13.4. The first-order valence-electron chi connectivity index (χ1n) is 6.15. The van der Waals surface area contributed by atoms with E-state index in [1.165, 1.54) is 11.8 Å². The highest BCUT2D eigenvalue weighted by Crippen LogP contribution is 2.34. The molecule has 2 N–H and O–H groups in total. The number of tetrazole rings is 1. The lowest BCUT2D eigenvalue weighted by Crippen LogP contribution is -2.11. The Kier molecular flexibility index (Phi) is 4.19. The van der Waals surface area contributed by atoms with E-state index in [0.29, 0.717) is 15.6 Å². The van der Waals surface area contributed by atoms with Crippen LogP contribution in [0.3, 0.4) is 0 Å². The van der Waals surface area contributed by atoms with Crippen LogP contribution >= 0.6 is 35.0 Å². The first-order valence-corrected chi connectivity index (χ1v) is 7.72. The molecule has 2 heterocycles. The molecule has 22 heavy (non-hydrogen) atoms. The van der Waals surface area contributed by atoms with Crippen LogP contribution in [-0.2, 0) is 0 Å². The number of H-pyrrole nitrogens is 2. The lowest BCUT2D eigenvalue weighted by atomic mass is 10.2. The average molecular weight is 354 g/mol. The van der Waals surface area contributed by atoms with Gasteiger partial charge in [0.05, 0.1) is 15.6 Å². The minimum atomic E-state index is -0.266. The zero-order valence-electron chi connectivity index (χ0n) is 11.2. The smallest absolute Gasteiger partial charge is 0.259 e. The Hall–Kier alpha value is -1.83. The molecule has 0 spiro atoms. The van der Waals surface area contributed by atoms with Crippen molar-refractivity contribution in [2.45, 2.75) is 16.7 Å². The number of hydrogen-bond donors (Lipinski definition) is 2. The summed E-state index contributed by atoms with van der Waals surface area (Å²) in [6, 6.07) is 7.09. The zero-order valence-corrected chi connectivity index (χ0v) is 13.6. The number of rotatable bonds is 3. The number of aromatic amines is 2. The van der Waals surface area contributed by atoms with Crippen molar-refractivity contribution in [2.24, 2.45) is 0 Å². The standard InChI is InChI=1S/C13H9Cl2N5OS/c1-6-11(22-7-2-3-9(14)10(15)4-7)5-8(13(21)16-6)12-17-19-20-18-12/h2-5H,1H3,(H,16,21)(H,17,18,19,20). The van der Waals surface area contributed by atoms with Gasteiger partial charge >= 0.3 is 0 Å². The second-order valence-electron chi connectivity index (χ2n) is 4.41. The first kappa shape index (κ1) is 15.1. The van der Waals surface area contributed by atoms with Crippen LogP contribution in [0.15, 0.2) is 38.9 Å². The van der Waals surface area contributed by atoms with Gasteiger partial charge in [0.15, 0.2) is 0 Å². The van der Waals surface area contributed by atoms with E-state index >= 15 is 0 Å². The summed E-state index contributed by atoms with van der Waals surface area (Å²) in [5.74, 6) is 0.247. The Balaban J connectivity index is 2.01. The number of aryl methyl sites for hydroxylation is 1. The highest BCUT2D eigenvalue weighted by molar-refractivity contribution is 7.99. The normalized spacial score (nSPS) is 10.9. The molecule has 0 radical (unpaired) electrons. The minimum Gasteiger partial charge on any atom is -0.325 e. The minimum absolute atomic E-state index is 0.247. The Morgan fingerprint density at radius 2 is 2.00 bits per heavy atom. The van der Waals surface area contributed by atoms with Gasteiger partial charge in [-0.25, -0.2) is 0 Å². The molecule has 3 rings (SSSR count). The second kappa shape index (κ2) is 6.12. The maximum absolute atomic E-state index is 12.0. The Labute approximate surface area is 139 Å². The summed E-state index contributed by atoms with van der Waals surface area (Å²) < 4.78 is 0. The molecule has 1 aromatic carbocycles. The van der Waals surface area contributed by atoms with Crippen molar-refractivity contribution in [3.05, 3.63) is 50.4 Å². The van der Waals surface area contributed by atoms with Gasteiger partial charge in [-0.1, -0.05) is 35.0 Å². The zero-order chi connectivity index (χ0) is 15.7. The number of benzene rings is 1. The number of nitrogens with one attached hydrogen (secondary N) is 2. The van der Waals surface area contributed by atoms with E-state index in [1.54, 1.807) is 18.2 Å². The van der Waals surface area contributed by atoms with E-state index in [4.69, 9.17) is 23.2 Å². The Morgan fingerprint density at radius 1 is 1.18 bits per heavy atom. The third-order valence-electron chi connectivity index (χ3n) is 2.90. The number of pyridine rings is 1. The van der Waals surface area contributed by atoms with Crippen LogP contribution in [0.5, 0.6) is 0 Å². The predicted molar refractivity (Wildman–Crippen MR) is 85.6 cm³/mol. The van der Waals surface area contributed by atoms with Crippen molar-refractivity contribution in [1.82, 2.24) is 25.6 Å². The van der Waals surface area contributed by atoms with Gasteiger partial charge < -0.3 is 4.98 Å². The molecule has 6 nitrogen and oxygen atoms in total. The summed E-state index contributed by atoms with van der Waals surface area (Å²) in [6.07, 6.45) is 0. The van der Waals surface area contributed by atoms with Crippen molar-refractivity contribution in [3.8, 4) is 11.4 Å². The average Bonchev–Trinajstić information content (AvgIpc) is 2.99. The Bertz CT molecular complexity index is 879. The van der Waals surface area contributed by atoms with Gasteiger partial charge in [0.1, 0.15) is 0 Å². The van der Waals surface area contributed by atoms with Crippen molar-refractivity contribution in [3.63, 3.8) is 0 Å².